The van der Waals surface area contributed by atoms with Gasteiger partial charge in [0.2, 0.25) is 0 Å². The minimum absolute atomic E-state index is 0.0805. The third-order valence-corrected chi connectivity index (χ3v) is 14.6. The number of ether oxygens (including phenoxy) is 3. The number of carbonyl (C=O) groups excluding carboxylic acids is 3. The summed E-state index contributed by atoms with van der Waals surface area (Å²) in [4.78, 5) is 37.8. The molecule has 0 saturated carbocycles. The molecule has 6 heteroatoms. The minimum atomic E-state index is -0.781. The van der Waals surface area contributed by atoms with Crippen molar-refractivity contribution < 1.29 is 28.6 Å². The summed E-state index contributed by atoms with van der Waals surface area (Å²) in [7, 11) is 0. The molecule has 0 aliphatic heterocycles. The fourth-order valence-electron chi connectivity index (χ4n) is 9.73. The number of hydrogen-bond donors (Lipinski definition) is 0. The molecule has 0 aliphatic carbocycles. The lowest BCUT2D eigenvalue weighted by Gasteiger charge is -2.18. The van der Waals surface area contributed by atoms with E-state index in [1.807, 2.05) is 0 Å². The van der Waals surface area contributed by atoms with Gasteiger partial charge in [-0.15, -0.1) is 0 Å². The molecule has 0 heterocycles. The van der Waals surface area contributed by atoms with Crippen LogP contribution in [0.15, 0.2) is 48.6 Å². The Kier molecular flexibility index (Phi) is 60.7. The van der Waals surface area contributed by atoms with E-state index in [9.17, 15) is 14.4 Å². The van der Waals surface area contributed by atoms with Crippen LogP contribution < -0.4 is 0 Å². The molecule has 1 atom stereocenters. The second kappa shape index (κ2) is 62.9. The molecule has 0 amide bonds. The van der Waals surface area contributed by atoms with Crippen LogP contribution in [0.3, 0.4) is 0 Å². The molecule has 0 aromatic carbocycles. The van der Waals surface area contributed by atoms with E-state index in [0.717, 1.165) is 103 Å². The van der Waals surface area contributed by atoms with Gasteiger partial charge in [-0.25, -0.2) is 0 Å². The van der Waals surface area contributed by atoms with Gasteiger partial charge in [-0.05, 0) is 57.8 Å². The molecule has 1 unspecified atom stereocenters. The highest BCUT2D eigenvalue weighted by atomic mass is 16.6. The number of carbonyl (C=O) groups is 3. The Morgan fingerprint density at radius 2 is 0.527 bits per heavy atom. The van der Waals surface area contributed by atoms with E-state index in [1.165, 1.54) is 205 Å². The summed E-state index contributed by atoms with van der Waals surface area (Å²) < 4.78 is 16.7. The van der Waals surface area contributed by atoms with Crippen LogP contribution in [0.2, 0.25) is 0 Å². The molecule has 0 aromatic heterocycles. The number of esters is 3. The predicted octanol–water partition coefficient (Wildman–Crippen LogP) is 22.2. The van der Waals surface area contributed by atoms with Crippen LogP contribution in [0.25, 0.3) is 0 Å². The predicted molar refractivity (Wildman–Crippen MR) is 321 cm³/mol. The molecule has 6 nitrogen and oxygen atoms in total. The number of rotatable bonds is 60. The summed E-state index contributed by atoms with van der Waals surface area (Å²) in [6.07, 6.45) is 79.2. The largest absolute Gasteiger partial charge is 0.462 e. The van der Waals surface area contributed by atoms with Crippen LogP contribution in [0, 0.1) is 0 Å². The number of hydrogen-bond acceptors (Lipinski definition) is 6. The monoisotopic (exact) mass is 1040 g/mol. The van der Waals surface area contributed by atoms with E-state index in [0.29, 0.717) is 19.3 Å². The zero-order valence-electron chi connectivity index (χ0n) is 49.6. The first-order chi connectivity index (χ1) is 36.5. The quantitative estimate of drug-likeness (QED) is 0.0261. The van der Waals surface area contributed by atoms with Crippen LogP contribution in [-0.2, 0) is 28.6 Å². The lowest BCUT2D eigenvalue weighted by atomic mass is 10.0. The van der Waals surface area contributed by atoms with Gasteiger partial charge in [-0.2, -0.15) is 0 Å². The lowest BCUT2D eigenvalue weighted by Crippen LogP contribution is -2.30. The Labute approximate surface area is 460 Å². The molecule has 0 fully saturated rings. The van der Waals surface area contributed by atoms with Crippen molar-refractivity contribution >= 4 is 17.9 Å². The van der Waals surface area contributed by atoms with E-state index in [2.05, 4.69) is 69.4 Å². The van der Waals surface area contributed by atoms with Crippen molar-refractivity contribution in [2.24, 2.45) is 0 Å². The maximum absolute atomic E-state index is 12.8. The van der Waals surface area contributed by atoms with Crippen molar-refractivity contribution in [1.82, 2.24) is 0 Å². The molecule has 0 radical (unpaired) electrons. The van der Waals surface area contributed by atoms with E-state index in [4.69, 9.17) is 14.2 Å². The summed E-state index contributed by atoms with van der Waals surface area (Å²) >= 11 is 0. The van der Waals surface area contributed by atoms with Crippen molar-refractivity contribution in [3.63, 3.8) is 0 Å². The Hall–Kier alpha value is -2.63. The van der Waals surface area contributed by atoms with Gasteiger partial charge in [0.1, 0.15) is 13.2 Å². The molecule has 432 valence electrons. The van der Waals surface area contributed by atoms with Crippen LogP contribution in [0.1, 0.15) is 348 Å². The van der Waals surface area contributed by atoms with E-state index < -0.39 is 6.10 Å². The molecular weight excluding hydrogens is 913 g/mol. The van der Waals surface area contributed by atoms with Crippen molar-refractivity contribution in [3.8, 4) is 0 Å². The second-order valence-corrected chi connectivity index (χ2v) is 22.0. The van der Waals surface area contributed by atoms with Gasteiger partial charge in [0, 0.05) is 19.3 Å². The third-order valence-electron chi connectivity index (χ3n) is 14.6. The average molecular weight is 1040 g/mol. The summed E-state index contributed by atoms with van der Waals surface area (Å²) in [5.74, 6) is -0.904. The first kappa shape index (κ1) is 71.4. The van der Waals surface area contributed by atoms with Gasteiger partial charge in [-0.1, -0.05) is 320 Å². The maximum Gasteiger partial charge on any atom is 0.306 e. The van der Waals surface area contributed by atoms with Crippen molar-refractivity contribution in [1.29, 1.82) is 0 Å². The highest BCUT2D eigenvalue weighted by Gasteiger charge is 2.19. The van der Waals surface area contributed by atoms with Gasteiger partial charge in [-0.3, -0.25) is 14.4 Å². The molecule has 0 bridgehead atoms. The zero-order valence-corrected chi connectivity index (χ0v) is 49.6. The highest BCUT2D eigenvalue weighted by Crippen LogP contribution is 2.18. The fourth-order valence-corrected chi connectivity index (χ4v) is 9.73. The smallest absolute Gasteiger partial charge is 0.306 e. The summed E-state index contributed by atoms with van der Waals surface area (Å²) in [5, 5.41) is 0. The molecule has 0 rings (SSSR count). The van der Waals surface area contributed by atoms with Crippen molar-refractivity contribution in [2.75, 3.05) is 13.2 Å². The first-order valence-electron chi connectivity index (χ1n) is 32.6. The maximum atomic E-state index is 12.8. The summed E-state index contributed by atoms with van der Waals surface area (Å²) in [5.41, 5.74) is 0. The Morgan fingerprint density at radius 1 is 0.284 bits per heavy atom. The van der Waals surface area contributed by atoms with Crippen LogP contribution >= 0.6 is 0 Å². The zero-order chi connectivity index (χ0) is 53.6. The van der Waals surface area contributed by atoms with Gasteiger partial charge in [0.15, 0.2) is 6.10 Å². The minimum Gasteiger partial charge on any atom is -0.462 e. The SMILES string of the molecule is CC/C=C\C/C=C\C/C=C\C/C=C\CCCCCCC(=O)OC(COC(=O)CCCCCCC)COC(=O)CCCCCCCCCCCCCCCCCCCCCCCCCCCCCCCCCCCC. The number of unbranched alkanes of at least 4 members (excludes halogenated alkanes) is 41. The van der Waals surface area contributed by atoms with Gasteiger partial charge < -0.3 is 14.2 Å². The Bertz CT molecular complexity index is 1280. The Balaban J connectivity index is 3.88. The third kappa shape index (κ3) is 60.2. The topological polar surface area (TPSA) is 78.9 Å². The molecular formula is C68H124O6. The molecule has 0 saturated heterocycles. The normalized spacial score (nSPS) is 12.3. The molecule has 74 heavy (non-hydrogen) atoms. The number of allylic oxidation sites excluding steroid dienone is 8. The van der Waals surface area contributed by atoms with Crippen LogP contribution in [0.5, 0.6) is 0 Å². The Morgan fingerprint density at radius 3 is 0.824 bits per heavy atom. The van der Waals surface area contributed by atoms with E-state index >= 15 is 0 Å². The average Bonchev–Trinajstić information content (AvgIpc) is 3.40. The second-order valence-electron chi connectivity index (χ2n) is 22.0. The standard InChI is InChI=1S/C68H124O6/c1-4-7-10-13-15-17-19-21-23-25-26-27-28-29-30-31-32-33-34-35-36-37-38-39-40-41-43-44-46-48-50-52-55-58-61-67(70)73-64-65(63-72-66(69)60-57-54-12-9-6-3)74-68(71)62-59-56-53-51-49-47-45-42-24-22-20-18-16-14-11-8-5-2/h8,11,16,18,22,24,45,47,65H,4-7,9-10,12-15,17,19-21,23,25-44,46,48-64H2,1-3H3/b11-8-,18-16-,24-22-,47-45-. The molecule has 0 N–H and O–H groups in total. The molecule has 0 aliphatic rings. The fraction of sp³-hybridized carbons (Fsp3) is 0.838. The van der Waals surface area contributed by atoms with Gasteiger partial charge in [0.05, 0.1) is 0 Å². The van der Waals surface area contributed by atoms with E-state index in [-0.39, 0.29) is 31.1 Å². The van der Waals surface area contributed by atoms with E-state index in [1.54, 1.807) is 0 Å². The van der Waals surface area contributed by atoms with Crippen LogP contribution in [-0.4, -0.2) is 37.2 Å². The summed E-state index contributed by atoms with van der Waals surface area (Å²) in [6.45, 7) is 6.46. The molecule has 0 aromatic rings. The van der Waals surface area contributed by atoms with Gasteiger partial charge >= 0.3 is 17.9 Å². The van der Waals surface area contributed by atoms with Crippen molar-refractivity contribution in [3.05, 3.63) is 48.6 Å². The summed E-state index contributed by atoms with van der Waals surface area (Å²) in [6, 6.07) is 0. The van der Waals surface area contributed by atoms with Crippen molar-refractivity contribution in [2.45, 2.75) is 354 Å². The first-order valence-corrected chi connectivity index (χ1v) is 32.6. The van der Waals surface area contributed by atoms with Gasteiger partial charge in [0.25, 0.3) is 0 Å². The highest BCUT2D eigenvalue weighted by molar-refractivity contribution is 5.71. The lowest BCUT2D eigenvalue weighted by molar-refractivity contribution is -0.167. The van der Waals surface area contributed by atoms with Crippen LogP contribution in [0.4, 0.5) is 0 Å². The molecule has 0 spiro atoms.